The molecule has 0 saturated heterocycles. The number of amides is 3. The molecule has 1 aliphatic heterocycles. The van der Waals surface area contributed by atoms with Crippen LogP contribution in [-0.4, -0.2) is 30.3 Å². The maximum absolute atomic E-state index is 12.6. The molecule has 2 aromatic carbocycles. The smallest absolute Gasteiger partial charge is 0.244 e. The third-order valence-electron chi connectivity index (χ3n) is 4.75. The second-order valence-corrected chi connectivity index (χ2v) is 7.04. The van der Waals surface area contributed by atoms with Crippen LogP contribution in [0.25, 0.3) is 0 Å². The number of aryl methyl sites for hydroxylation is 1. The Labute approximate surface area is 164 Å². The monoisotopic (exact) mass is 379 g/mol. The summed E-state index contributed by atoms with van der Waals surface area (Å²) in [6, 6.07) is 17.3. The van der Waals surface area contributed by atoms with Gasteiger partial charge in [0.05, 0.1) is 11.4 Å². The molecule has 146 valence electrons. The summed E-state index contributed by atoms with van der Waals surface area (Å²) < 4.78 is 0. The van der Waals surface area contributed by atoms with E-state index in [1.165, 1.54) is 10.5 Å². The number of rotatable bonds is 7. The zero-order valence-corrected chi connectivity index (χ0v) is 16.0. The van der Waals surface area contributed by atoms with Crippen LogP contribution in [0.3, 0.4) is 0 Å². The van der Waals surface area contributed by atoms with E-state index in [-0.39, 0.29) is 43.1 Å². The van der Waals surface area contributed by atoms with Crippen molar-refractivity contribution < 1.29 is 14.4 Å². The molecule has 28 heavy (non-hydrogen) atoms. The van der Waals surface area contributed by atoms with Crippen LogP contribution in [0.4, 0.5) is 11.4 Å². The molecule has 1 heterocycles. The van der Waals surface area contributed by atoms with Crippen LogP contribution in [0, 0.1) is 0 Å². The minimum atomic E-state index is -0.231. The number of nitrogens with zero attached hydrogens (tertiary/aromatic N) is 1. The zero-order chi connectivity index (χ0) is 19.9. The third-order valence-corrected chi connectivity index (χ3v) is 4.75. The van der Waals surface area contributed by atoms with Gasteiger partial charge in [-0.05, 0) is 37.5 Å². The van der Waals surface area contributed by atoms with E-state index in [0.717, 1.165) is 12.8 Å². The lowest BCUT2D eigenvalue weighted by molar-refractivity contribution is -0.126. The first-order valence-electron chi connectivity index (χ1n) is 9.55. The Morgan fingerprint density at radius 2 is 1.79 bits per heavy atom. The number of anilines is 2. The summed E-state index contributed by atoms with van der Waals surface area (Å²) >= 11 is 0. The summed E-state index contributed by atoms with van der Waals surface area (Å²) in [5.74, 6) is -0.607. The topological polar surface area (TPSA) is 78.5 Å². The maximum Gasteiger partial charge on any atom is 0.244 e. The van der Waals surface area contributed by atoms with Gasteiger partial charge < -0.3 is 15.5 Å². The molecule has 1 unspecified atom stereocenters. The van der Waals surface area contributed by atoms with E-state index >= 15 is 0 Å². The van der Waals surface area contributed by atoms with Gasteiger partial charge in [0, 0.05) is 18.9 Å². The summed E-state index contributed by atoms with van der Waals surface area (Å²) in [7, 11) is 0. The number of hydrogen-bond acceptors (Lipinski definition) is 3. The highest BCUT2D eigenvalue weighted by Crippen LogP contribution is 2.29. The van der Waals surface area contributed by atoms with Crippen molar-refractivity contribution in [2.75, 3.05) is 16.8 Å². The fourth-order valence-corrected chi connectivity index (χ4v) is 3.26. The Kier molecular flexibility index (Phi) is 6.42. The molecule has 6 nitrogen and oxygen atoms in total. The summed E-state index contributed by atoms with van der Waals surface area (Å²) in [4.78, 5) is 38.0. The van der Waals surface area contributed by atoms with Crippen molar-refractivity contribution in [3.8, 4) is 0 Å². The highest BCUT2D eigenvalue weighted by molar-refractivity contribution is 6.10. The number of benzene rings is 2. The number of fused-ring (bicyclic) bond motifs is 1. The Bertz CT molecular complexity index is 851. The molecule has 6 heteroatoms. The van der Waals surface area contributed by atoms with Gasteiger partial charge in [-0.2, -0.15) is 0 Å². The number of hydrogen-bond donors (Lipinski definition) is 2. The van der Waals surface area contributed by atoms with Crippen molar-refractivity contribution in [3.05, 3.63) is 60.2 Å². The van der Waals surface area contributed by atoms with Crippen LogP contribution in [0.15, 0.2) is 54.6 Å². The summed E-state index contributed by atoms with van der Waals surface area (Å²) in [6.07, 6.45) is 1.90. The number of nitrogens with one attached hydrogen (secondary N) is 2. The third kappa shape index (κ3) is 5.19. The van der Waals surface area contributed by atoms with Crippen LogP contribution >= 0.6 is 0 Å². The number of carbonyl (C=O) groups is 3. The largest absolute Gasteiger partial charge is 0.354 e. The molecule has 3 amide bonds. The van der Waals surface area contributed by atoms with E-state index < -0.39 is 0 Å². The first kappa shape index (κ1) is 19.6. The lowest BCUT2D eigenvalue weighted by atomic mass is 10.1. The van der Waals surface area contributed by atoms with Crippen LogP contribution in [-0.2, 0) is 20.8 Å². The van der Waals surface area contributed by atoms with Gasteiger partial charge in [0.15, 0.2) is 0 Å². The molecule has 2 N–H and O–H groups in total. The van der Waals surface area contributed by atoms with Crippen LogP contribution in [0.5, 0.6) is 0 Å². The predicted molar refractivity (Wildman–Crippen MR) is 109 cm³/mol. The number of para-hydroxylation sites is 2. The molecule has 2 aromatic rings. The molecule has 1 aliphatic rings. The van der Waals surface area contributed by atoms with Crippen LogP contribution in [0.1, 0.15) is 31.7 Å². The number of carbonyl (C=O) groups excluding carboxylic acids is 3. The van der Waals surface area contributed by atoms with Gasteiger partial charge in [0.1, 0.15) is 6.54 Å². The van der Waals surface area contributed by atoms with E-state index in [4.69, 9.17) is 0 Å². The molecule has 0 aromatic heterocycles. The lowest BCUT2D eigenvalue weighted by Gasteiger charge is -2.29. The Balaban J connectivity index is 1.46. The normalized spacial score (nSPS) is 14.0. The summed E-state index contributed by atoms with van der Waals surface area (Å²) in [5, 5.41) is 5.70. The zero-order valence-electron chi connectivity index (χ0n) is 16.0. The average Bonchev–Trinajstić information content (AvgIpc) is 2.70. The molecule has 0 radical (unpaired) electrons. The van der Waals surface area contributed by atoms with Crippen molar-refractivity contribution in [1.82, 2.24) is 5.32 Å². The van der Waals surface area contributed by atoms with Crippen LogP contribution < -0.4 is 15.5 Å². The molecule has 0 spiro atoms. The van der Waals surface area contributed by atoms with Crippen molar-refractivity contribution in [2.45, 2.75) is 38.6 Å². The predicted octanol–water partition coefficient (Wildman–Crippen LogP) is 2.89. The van der Waals surface area contributed by atoms with Gasteiger partial charge in [-0.25, -0.2) is 0 Å². The highest BCUT2D eigenvalue weighted by Gasteiger charge is 2.26. The fourth-order valence-electron chi connectivity index (χ4n) is 3.26. The SMILES string of the molecule is CC(CCc1ccccc1)NC(=O)CCC(=O)N1CC(=O)Nc2ccccc21. The van der Waals surface area contributed by atoms with Gasteiger partial charge in [-0.15, -0.1) is 0 Å². The van der Waals surface area contributed by atoms with Gasteiger partial charge in [-0.3, -0.25) is 14.4 Å². The molecule has 0 fully saturated rings. The van der Waals surface area contributed by atoms with Gasteiger partial charge >= 0.3 is 0 Å². The maximum atomic E-state index is 12.6. The molecule has 0 aliphatic carbocycles. The molecule has 1 atom stereocenters. The van der Waals surface area contributed by atoms with Crippen LogP contribution in [0.2, 0.25) is 0 Å². The molecule has 3 rings (SSSR count). The summed E-state index contributed by atoms with van der Waals surface area (Å²) in [6.45, 7) is 1.94. The first-order valence-corrected chi connectivity index (χ1v) is 9.55. The second-order valence-electron chi connectivity index (χ2n) is 7.04. The van der Waals surface area contributed by atoms with Gasteiger partial charge in [0.2, 0.25) is 17.7 Å². The van der Waals surface area contributed by atoms with Gasteiger partial charge in [0.25, 0.3) is 0 Å². The van der Waals surface area contributed by atoms with E-state index in [1.54, 1.807) is 18.2 Å². The van der Waals surface area contributed by atoms with Crippen molar-refractivity contribution in [3.63, 3.8) is 0 Å². The Morgan fingerprint density at radius 3 is 2.57 bits per heavy atom. The van der Waals surface area contributed by atoms with Crippen molar-refractivity contribution in [2.24, 2.45) is 0 Å². The van der Waals surface area contributed by atoms with E-state index in [0.29, 0.717) is 11.4 Å². The molecular formula is C22H25N3O3. The minimum absolute atomic E-state index is 0.0229. The lowest BCUT2D eigenvalue weighted by Crippen LogP contribution is -2.42. The van der Waals surface area contributed by atoms with Gasteiger partial charge in [-0.1, -0.05) is 42.5 Å². The first-order chi connectivity index (χ1) is 13.5. The Hall–Kier alpha value is -3.15. The quantitative estimate of drug-likeness (QED) is 0.776. The molecular weight excluding hydrogens is 354 g/mol. The highest BCUT2D eigenvalue weighted by atomic mass is 16.2. The standard InChI is InChI=1S/C22H25N3O3/c1-16(11-12-17-7-3-2-4-8-17)23-20(26)13-14-22(28)25-15-21(27)24-18-9-5-6-10-19(18)25/h2-10,16H,11-15H2,1H3,(H,23,26)(H,24,27). The van der Waals surface area contributed by atoms with Crippen molar-refractivity contribution >= 4 is 29.1 Å². The Morgan fingerprint density at radius 1 is 1.07 bits per heavy atom. The molecule has 0 bridgehead atoms. The summed E-state index contributed by atoms with van der Waals surface area (Å²) in [5.41, 5.74) is 2.52. The van der Waals surface area contributed by atoms with E-state index in [9.17, 15) is 14.4 Å². The second kappa shape index (κ2) is 9.17. The van der Waals surface area contributed by atoms with E-state index in [1.807, 2.05) is 31.2 Å². The molecule has 0 saturated carbocycles. The van der Waals surface area contributed by atoms with Crippen molar-refractivity contribution in [1.29, 1.82) is 0 Å². The van der Waals surface area contributed by atoms with E-state index in [2.05, 4.69) is 22.8 Å². The minimum Gasteiger partial charge on any atom is -0.354 e. The average molecular weight is 379 g/mol. The fraction of sp³-hybridized carbons (Fsp3) is 0.318.